The number of anilines is 1. The normalized spacial score (nSPS) is 22.0. The van der Waals surface area contributed by atoms with E-state index in [1.807, 2.05) is 18.2 Å². The standard InChI is InChI=1S/C34H41NO3/c1-37-34(38-2)25-17-19-35(20-18-25)29-14-11-24(12-15-29)33-28(21-23-7-8-23)10-9-27-22-26(13-16-31(27)33)30-5-3-4-6-32(30)36/h3-6,11-16,22-23,25,28,33-34,36H,7-10,17-21H2,1-2H3/t28-,33+/m1/s1. The van der Waals surface area contributed by atoms with Gasteiger partial charge in [0, 0.05) is 50.4 Å². The number of rotatable bonds is 8. The first-order valence-electron chi connectivity index (χ1n) is 14.5. The van der Waals surface area contributed by atoms with Crippen LogP contribution in [0.4, 0.5) is 5.69 Å². The van der Waals surface area contributed by atoms with E-state index in [1.54, 1.807) is 20.3 Å². The van der Waals surface area contributed by atoms with E-state index in [4.69, 9.17) is 9.47 Å². The van der Waals surface area contributed by atoms with Crippen LogP contribution < -0.4 is 4.90 Å². The van der Waals surface area contributed by atoms with Gasteiger partial charge in [0.1, 0.15) is 5.75 Å². The van der Waals surface area contributed by atoms with Crippen LogP contribution in [0.15, 0.2) is 66.7 Å². The highest BCUT2D eigenvalue weighted by Crippen LogP contribution is 2.48. The van der Waals surface area contributed by atoms with Crippen LogP contribution in [0.3, 0.4) is 0 Å². The second-order valence-corrected chi connectivity index (χ2v) is 11.6. The number of ether oxygens (including phenoxy) is 2. The number of fused-ring (bicyclic) bond motifs is 1. The molecule has 0 radical (unpaired) electrons. The van der Waals surface area contributed by atoms with Crippen molar-refractivity contribution in [2.75, 3.05) is 32.2 Å². The van der Waals surface area contributed by atoms with Crippen molar-refractivity contribution in [3.05, 3.63) is 83.4 Å². The topological polar surface area (TPSA) is 41.9 Å². The van der Waals surface area contributed by atoms with Crippen LogP contribution in [0.25, 0.3) is 11.1 Å². The van der Waals surface area contributed by atoms with Gasteiger partial charge in [-0.3, -0.25) is 0 Å². The van der Waals surface area contributed by atoms with Gasteiger partial charge >= 0.3 is 0 Å². The molecular formula is C34H41NO3. The molecule has 0 unspecified atom stereocenters. The lowest BCUT2D eigenvalue weighted by molar-refractivity contribution is -0.141. The van der Waals surface area contributed by atoms with Crippen molar-refractivity contribution in [1.82, 2.24) is 0 Å². The lowest BCUT2D eigenvalue weighted by Gasteiger charge is -2.37. The van der Waals surface area contributed by atoms with Crippen molar-refractivity contribution >= 4 is 5.69 Å². The zero-order chi connectivity index (χ0) is 26.1. The van der Waals surface area contributed by atoms with E-state index in [9.17, 15) is 5.11 Å². The molecule has 0 amide bonds. The minimum absolute atomic E-state index is 0.0966. The molecule has 2 aliphatic carbocycles. The lowest BCUT2D eigenvalue weighted by Crippen LogP contribution is -2.39. The summed E-state index contributed by atoms with van der Waals surface area (Å²) in [5.41, 5.74) is 7.74. The van der Waals surface area contributed by atoms with Gasteiger partial charge in [-0.05, 0) is 84.4 Å². The number of hydrogen-bond acceptors (Lipinski definition) is 4. The molecule has 3 aromatic rings. The molecule has 6 rings (SSSR count). The number of phenols is 1. The number of para-hydroxylation sites is 1. The van der Waals surface area contributed by atoms with Gasteiger partial charge in [-0.1, -0.05) is 61.4 Å². The van der Waals surface area contributed by atoms with Gasteiger partial charge < -0.3 is 19.5 Å². The lowest BCUT2D eigenvalue weighted by atomic mass is 9.69. The highest BCUT2D eigenvalue weighted by molar-refractivity contribution is 5.71. The first-order chi connectivity index (χ1) is 18.6. The van der Waals surface area contributed by atoms with Gasteiger partial charge in [0.25, 0.3) is 0 Å². The number of methoxy groups -OCH3 is 2. The number of benzene rings is 3. The third-order valence-electron chi connectivity index (χ3n) is 9.29. The summed E-state index contributed by atoms with van der Waals surface area (Å²) in [6.07, 6.45) is 8.62. The number of aromatic hydroxyl groups is 1. The zero-order valence-corrected chi connectivity index (χ0v) is 22.8. The summed E-state index contributed by atoms with van der Waals surface area (Å²) >= 11 is 0. The van der Waals surface area contributed by atoms with E-state index in [0.717, 1.165) is 49.4 Å². The minimum Gasteiger partial charge on any atom is -0.507 e. The predicted octanol–water partition coefficient (Wildman–Crippen LogP) is 7.39. The first-order valence-corrected chi connectivity index (χ1v) is 14.5. The van der Waals surface area contributed by atoms with Crippen LogP contribution in [0.2, 0.25) is 0 Å². The number of piperidine rings is 1. The summed E-state index contributed by atoms with van der Waals surface area (Å²) < 4.78 is 11.0. The number of nitrogens with zero attached hydrogens (tertiary/aromatic N) is 1. The van der Waals surface area contributed by atoms with Crippen LogP contribution in [0.5, 0.6) is 5.75 Å². The second-order valence-electron chi connectivity index (χ2n) is 11.6. The molecule has 2 atom stereocenters. The Kier molecular flexibility index (Phi) is 7.45. The Morgan fingerprint density at radius 1 is 0.868 bits per heavy atom. The fraction of sp³-hybridized carbons (Fsp3) is 0.471. The van der Waals surface area contributed by atoms with Gasteiger partial charge in [0.15, 0.2) is 6.29 Å². The fourth-order valence-corrected chi connectivity index (χ4v) is 7.06. The van der Waals surface area contributed by atoms with Gasteiger partial charge in [-0.25, -0.2) is 0 Å². The van der Waals surface area contributed by atoms with E-state index < -0.39 is 0 Å². The van der Waals surface area contributed by atoms with E-state index >= 15 is 0 Å². The molecule has 1 N–H and O–H groups in total. The van der Waals surface area contributed by atoms with Crippen molar-refractivity contribution in [2.24, 2.45) is 17.8 Å². The molecule has 0 spiro atoms. The van der Waals surface area contributed by atoms with Crippen LogP contribution in [-0.2, 0) is 15.9 Å². The molecule has 1 heterocycles. The molecule has 3 aliphatic rings. The average Bonchev–Trinajstić information content (AvgIpc) is 3.78. The number of aryl methyl sites for hydroxylation is 1. The molecule has 4 nitrogen and oxygen atoms in total. The Labute approximate surface area is 227 Å². The Bertz CT molecular complexity index is 1220. The molecule has 2 fully saturated rings. The quantitative estimate of drug-likeness (QED) is 0.320. The van der Waals surface area contributed by atoms with Crippen molar-refractivity contribution in [2.45, 2.75) is 57.2 Å². The summed E-state index contributed by atoms with van der Waals surface area (Å²) in [5.74, 6) is 2.89. The molecule has 1 saturated carbocycles. The Morgan fingerprint density at radius 2 is 1.61 bits per heavy atom. The van der Waals surface area contributed by atoms with E-state index in [1.165, 1.54) is 48.1 Å². The van der Waals surface area contributed by atoms with Crippen molar-refractivity contribution in [1.29, 1.82) is 0 Å². The highest BCUT2D eigenvalue weighted by atomic mass is 16.7. The van der Waals surface area contributed by atoms with Gasteiger partial charge in [-0.15, -0.1) is 0 Å². The predicted molar refractivity (Wildman–Crippen MR) is 154 cm³/mol. The first kappa shape index (κ1) is 25.5. The summed E-state index contributed by atoms with van der Waals surface area (Å²) in [6.45, 7) is 2.08. The van der Waals surface area contributed by atoms with Crippen molar-refractivity contribution in [3.8, 4) is 16.9 Å². The van der Waals surface area contributed by atoms with Gasteiger partial charge in [0.05, 0.1) is 0 Å². The molecule has 0 bridgehead atoms. The molecule has 0 aromatic heterocycles. The summed E-state index contributed by atoms with van der Waals surface area (Å²) in [5, 5.41) is 10.4. The highest BCUT2D eigenvalue weighted by Gasteiger charge is 2.35. The smallest absolute Gasteiger partial charge is 0.159 e. The minimum atomic E-state index is -0.0966. The Morgan fingerprint density at radius 3 is 2.29 bits per heavy atom. The molecule has 1 saturated heterocycles. The van der Waals surface area contributed by atoms with Crippen molar-refractivity contribution in [3.63, 3.8) is 0 Å². The van der Waals surface area contributed by atoms with Crippen LogP contribution in [-0.4, -0.2) is 38.7 Å². The molecule has 1 aliphatic heterocycles. The Hall–Kier alpha value is -2.82. The third kappa shape index (κ3) is 5.21. The molecule has 38 heavy (non-hydrogen) atoms. The number of hydrogen-bond donors (Lipinski definition) is 1. The number of phenolic OH excluding ortho intramolecular Hbond substituents is 1. The van der Waals surface area contributed by atoms with E-state index in [0.29, 0.717) is 23.5 Å². The van der Waals surface area contributed by atoms with Crippen LogP contribution in [0, 0.1) is 17.8 Å². The Balaban J connectivity index is 1.24. The third-order valence-corrected chi connectivity index (χ3v) is 9.29. The largest absolute Gasteiger partial charge is 0.507 e. The summed E-state index contributed by atoms with van der Waals surface area (Å²) in [7, 11) is 3.48. The SMILES string of the molecule is COC(OC)C1CCN(c2ccc([C@@H]3c4ccc(-c5ccccc5O)cc4CC[C@@H]3CC3CC3)cc2)CC1. The molecular weight excluding hydrogens is 470 g/mol. The summed E-state index contributed by atoms with van der Waals surface area (Å²) in [6, 6.07) is 24.1. The maximum Gasteiger partial charge on any atom is 0.159 e. The van der Waals surface area contributed by atoms with Gasteiger partial charge in [-0.2, -0.15) is 0 Å². The molecule has 4 heteroatoms. The van der Waals surface area contributed by atoms with Crippen molar-refractivity contribution < 1.29 is 14.6 Å². The molecule has 3 aromatic carbocycles. The zero-order valence-electron chi connectivity index (χ0n) is 22.8. The maximum absolute atomic E-state index is 10.4. The van der Waals surface area contributed by atoms with E-state index in [2.05, 4.69) is 47.4 Å². The summed E-state index contributed by atoms with van der Waals surface area (Å²) in [4.78, 5) is 2.51. The second kappa shape index (κ2) is 11.1. The molecule has 200 valence electrons. The monoisotopic (exact) mass is 511 g/mol. The maximum atomic E-state index is 10.4. The average molecular weight is 512 g/mol. The van der Waals surface area contributed by atoms with E-state index in [-0.39, 0.29) is 6.29 Å². The van der Waals surface area contributed by atoms with Crippen LogP contribution >= 0.6 is 0 Å². The van der Waals surface area contributed by atoms with Gasteiger partial charge in [0.2, 0.25) is 0 Å². The fourth-order valence-electron chi connectivity index (χ4n) is 7.06. The van der Waals surface area contributed by atoms with Crippen LogP contribution in [0.1, 0.15) is 61.1 Å².